The van der Waals surface area contributed by atoms with Crippen LogP contribution in [0, 0.1) is 0 Å². The first-order valence-electron chi connectivity index (χ1n) is 5.36. The minimum absolute atomic E-state index is 0.0345. The number of anilines is 1. The number of para-hydroxylation sites is 1. The summed E-state index contributed by atoms with van der Waals surface area (Å²) in [6.07, 6.45) is 2.51. The molecule has 0 N–H and O–H groups in total. The summed E-state index contributed by atoms with van der Waals surface area (Å²) in [6.45, 7) is 2.71. The molecule has 2 rings (SSSR count). The summed E-state index contributed by atoms with van der Waals surface area (Å²) in [6, 6.07) is 7.76. The number of hydrogen-bond acceptors (Lipinski definition) is 2. The van der Waals surface area contributed by atoms with E-state index >= 15 is 0 Å². The minimum Gasteiger partial charge on any atom is -0.272 e. The number of hydrogen-bond donors (Lipinski definition) is 0. The van der Waals surface area contributed by atoms with E-state index in [1.54, 1.807) is 0 Å². The maximum atomic E-state index is 11.6. The molecule has 1 aliphatic heterocycles. The Bertz CT molecular complexity index is 362. The Labute approximate surface area is 89.6 Å². The molecule has 0 aliphatic carbocycles. The number of fused-ring (bicyclic) bond motifs is 1. The molecule has 0 saturated carbocycles. The topological polar surface area (TPSA) is 29.5 Å². The zero-order chi connectivity index (χ0) is 10.7. The largest absolute Gasteiger partial charge is 0.272 e. The molecule has 0 spiro atoms. The summed E-state index contributed by atoms with van der Waals surface area (Å²) in [5, 5.41) is 1.44. The molecular weight excluding hydrogens is 190 g/mol. The molecule has 0 unspecified atom stereocenters. The van der Waals surface area contributed by atoms with Crippen molar-refractivity contribution < 1.29 is 9.63 Å². The monoisotopic (exact) mass is 205 g/mol. The van der Waals surface area contributed by atoms with Crippen molar-refractivity contribution in [3.8, 4) is 0 Å². The van der Waals surface area contributed by atoms with E-state index in [0.29, 0.717) is 13.0 Å². The van der Waals surface area contributed by atoms with E-state index in [4.69, 9.17) is 4.84 Å². The molecule has 0 atom stereocenters. The van der Waals surface area contributed by atoms with Gasteiger partial charge in [0.2, 0.25) is 0 Å². The highest BCUT2D eigenvalue weighted by Crippen LogP contribution is 2.28. The van der Waals surface area contributed by atoms with Crippen LogP contribution in [0.5, 0.6) is 0 Å². The van der Waals surface area contributed by atoms with E-state index in [2.05, 4.69) is 6.92 Å². The van der Waals surface area contributed by atoms with Gasteiger partial charge in [-0.1, -0.05) is 31.5 Å². The van der Waals surface area contributed by atoms with Crippen LogP contribution in [0.4, 0.5) is 5.69 Å². The van der Waals surface area contributed by atoms with Crippen LogP contribution in [-0.2, 0) is 16.1 Å². The highest BCUT2D eigenvalue weighted by molar-refractivity contribution is 5.99. The van der Waals surface area contributed by atoms with Gasteiger partial charge in [0.15, 0.2) is 0 Å². The van der Waals surface area contributed by atoms with Crippen LogP contribution in [0.2, 0.25) is 0 Å². The summed E-state index contributed by atoms with van der Waals surface area (Å²) < 4.78 is 0. The number of benzene rings is 1. The summed E-state index contributed by atoms with van der Waals surface area (Å²) in [4.78, 5) is 17.1. The zero-order valence-corrected chi connectivity index (χ0v) is 8.90. The molecule has 0 radical (unpaired) electrons. The third-order valence-electron chi connectivity index (χ3n) is 2.50. The van der Waals surface area contributed by atoms with Crippen LogP contribution < -0.4 is 5.06 Å². The molecule has 3 nitrogen and oxygen atoms in total. The van der Waals surface area contributed by atoms with Crippen molar-refractivity contribution in [3.05, 3.63) is 29.8 Å². The third-order valence-corrected chi connectivity index (χ3v) is 2.50. The number of amides is 1. The number of hydroxylamine groups is 1. The minimum atomic E-state index is 0.0345. The first-order chi connectivity index (χ1) is 7.33. The summed E-state index contributed by atoms with van der Waals surface area (Å²) >= 11 is 0. The molecule has 1 amide bonds. The van der Waals surface area contributed by atoms with Gasteiger partial charge in [0.05, 0.1) is 18.7 Å². The highest BCUT2D eigenvalue weighted by Gasteiger charge is 2.27. The second-order valence-corrected chi connectivity index (χ2v) is 3.68. The molecule has 3 heteroatoms. The SMILES string of the molecule is CCCCON1C(=O)Cc2ccccc21. The Balaban J connectivity index is 2.08. The predicted octanol–water partition coefficient (Wildman–Crippen LogP) is 2.31. The van der Waals surface area contributed by atoms with Gasteiger partial charge in [-0.15, -0.1) is 0 Å². The number of nitrogens with zero attached hydrogens (tertiary/aromatic N) is 1. The number of carbonyl (C=O) groups is 1. The molecule has 15 heavy (non-hydrogen) atoms. The van der Waals surface area contributed by atoms with Crippen LogP contribution in [0.15, 0.2) is 24.3 Å². The van der Waals surface area contributed by atoms with Gasteiger partial charge in [0, 0.05) is 0 Å². The molecule has 1 heterocycles. The fourth-order valence-electron chi connectivity index (χ4n) is 1.67. The van der Waals surface area contributed by atoms with Crippen LogP contribution >= 0.6 is 0 Å². The quantitative estimate of drug-likeness (QED) is 0.706. The van der Waals surface area contributed by atoms with Crippen LogP contribution in [0.1, 0.15) is 25.3 Å². The maximum Gasteiger partial charge on any atom is 0.255 e. The van der Waals surface area contributed by atoms with Gasteiger partial charge in [0.1, 0.15) is 0 Å². The molecule has 0 saturated heterocycles. The van der Waals surface area contributed by atoms with Crippen molar-refractivity contribution in [2.24, 2.45) is 0 Å². The van der Waals surface area contributed by atoms with Crippen molar-refractivity contribution in [1.82, 2.24) is 0 Å². The Morgan fingerprint density at radius 3 is 3.00 bits per heavy atom. The van der Waals surface area contributed by atoms with E-state index in [0.717, 1.165) is 24.1 Å². The van der Waals surface area contributed by atoms with Gasteiger partial charge in [-0.05, 0) is 18.1 Å². The molecule has 0 fully saturated rings. The Morgan fingerprint density at radius 2 is 2.20 bits per heavy atom. The molecule has 0 aromatic heterocycles. The molecule has 1 aliphatic rings. The lowest BCUT2D eigenvalue weighted by Gasteiger charge is -2.16. The van der Waals surface area contributed by atoms with Crippen molar-refractivity contribution >= 4 is 11.6 Å². The van der Waals surface area contributed by atoms with Gasteiger partial charge in [-0.3, -0.25) is 9.63 Å². The number of rotatable bonds is 4. The normalized spacial score (nSPS) is 14.5. The first-order valence-corrected chi connectivity index (χ1v) is 5.36. The van der Waals surface area contributed by atoms with Crippen molar-refractivity contribution in [3.63, 3.8) is 0 Å². The summed E-state index contributed by atoms with van der Waals surface area (Å²) in [5.41, 5.74) is 1.96. The molecule has 1 aromatic rings. The number of carbonyl (C=O) groups excluding carboxylic acids is 1. The smallest absolute Gasteiger partial charge is 0.255 e. The van der Waals surface area contributed by atoms with Gasteiger partial charge < -0.3 is 0 Å². The Kier molecular flexibility index (Phi) is 3.02. The second-order valence-electron chi connectivity index (χ2n) is 3.68. The molecular formula is C12H15NO2. The van der Waals surface area contributed by atoms with Gasteiger partial charge in [-0.2, -0.15) is 5.06 Å². The van der Waals surface area contributed by atoms with Crippen molar-refractivity contribution in [2.45, 2.75) is 26.2 Å². The van der Waals surface area contributed by atoms with Gasteiger partial charge >= 0.3 is 0 Å². The Hall–Kier alpha value is -1.35. The fraction of sp³-hybridized carbons (Fsp3) is 0.417. The fourth-order valence-corrected chi connectivity index (χ4v) is 1.67. The van der Waals surface area contributed by atoms with Crippen LogP contribution in [-0.4, -0.2) is 12.5 Å². The first kappa shape index (κ1) is 10.2. The lowest BCUT2D eigenvalue weighted by atomic mass is 10.2. The summed E-state index contributed by atoms with van der Waals surface area (Å²) in [7, 11) is 0. The maximum absolute atomic E-state index is 11.6. The van der Waals surface area contributed by atoms with E-state index in [1.807, 2.05) is 24.3 Å². The van der Waals surface area contributed by atoms with Crippen LogP contribution in [0.25, 0.3) is 0 Å². The molecule has 80 valence electrons. The van der Waals surface area contributed by atoms with Gasteiger partial charge in [0.25, 0.3) is 5.91 Å². The van der Waals surface area contributed by atoms with E-state index in [9.17, 15) is 4.79 Å². The van der Waals surface area contributed by atoms with E-state index in [-0.39, 0.29) is 5.91 Å². The van der Waals surface area contributed by atoms with Crippen molar-refractivity contribution in [2.75, 3.05) is 11.7 Å². The van der Waals surface area contributed by atoms with Crippen molar-refractivity contribution in [1.29, 1.82) is 0 Å². The van der Waals surface area contributed by atoms with E-state index in [1.165, 1.54) is 5.06 Å². The molecule has 0 bridgehead atoms. The summed E-state index contributed by atoms with van der Waals surface area (Å²) in [5.74, 6) is 0.0345. The predicted molar refractivity (Wildman–Crippen MR) is 58.5 cm³/mol. The zero-order valence-electron chi connectivity index (χ0n) is 8.90. The van der Waals surface area contributed by atoms with E-state index < -0.39 is 0 Å². The lowest BCUT2D eigenvalue weighted by Crippen LogP contribution is -2.27. The standard InChI is InChI=1S/C12H15NO2/c1-2-3-8-15-13-11-7-5-4-6-10(11)9-12(13)14/h4-7H,2-3,8-9H2,1H3. The average Bonchev–Trinajstić information content (AvgIpc) is 2.56. The third kappa shape index (κ3) is 2.02. The highest BCUT2D eigenvalue weighted by atomic mass is 16.7. The number of unbranched alkanes of at least 4 members (excludes halogenated alkanes) is 1. The second kappa shape index (κ2) is 4.45. The lowest BCUT2D eigenvalue weighted by molar-refractivity contribution is -0.124. The average molecular weight is 205 g/mol. The van der Waals surface area contributed by atoms with Gasteiger partial charge in [-0.25, -0.2) is 0 Å². The van der Waals surface area contributed by atoms with Crippen LogP contribution in [0.3, 0.4) is 0 Å². The molecule has 1 aromatic carbocycles. The Morgan fingerprint density at radius 1 is 1.40 bits per heavy atom.